The molecule has 22 nitrogen and oxygen atoms in total. The summed E-state index contributed by atoms with van der Waals surface area (Å²) >= 11 is 10.5. The second kappa shape index (κ2) is 26.8. The van der Waals surface area contributed by atoms with Crippen molar-refractivity contribution in [2.24, 2.45) is 0 Å². The molecule has 0 saturated carbocycles. The highest BCUT2D eigenvalue weighted by Gasteiger charge is 2.36. The van der Waals surface area contributed by atoms with E-state index in [2.05, 4.69) is 10.6 Å². The van der Waals surface area contributed by atoms with Gasteiger partial charge in [-0.3, -0.25) is 28.8 Å². The SMILES string of the molecule is CN(CC(O)CO)C(=O)c1c(I)c(NC(=O)C(O)CO)c(I)c(C(=O)N(C)CC(O)C(O)CN(C)C(=O)c2c(I)c(NC(=O)C(O)CO)c(I)c(C(=O)N(C)CC(O)CO)c2I)c1I. The Morgan fingerprint density at radius 3 is 0.875 bits per heavy atom. The highest BCUT2D eigenvalue weighted by Crippen LogP contribution is 2.39. The molecule has 0 fully saturated rings. The normalized spacial score (nSPS) is 14.1. The van der Waals surface area contributed by atoms with Crippen molar-refractivity contribution in [2.75, 3.05) is 91.4 Å². The monoisotopic (exact) mass is 1580 g/mol. The average Bonchev–Trinajstić information content (AvgIpc) is 3.24. The number of aliphatic hydroxyl groups is 10. The molecule has 2 aromatic carbocycles. The van der Waals surface area contributed by atoms with E-state index >= 15 is 0 Å². The first kappa shape index (κ1) is 59.4. The summed E-state index contributed by atoms with van der Waals surface area (Å²) in [6, 6.07) is 0. The van der Waals surface area contributed by atoms with E-state index in [1.54, 1.807) is 136 Å². The van der Waals surface area contributed by atoms with E-state index in [4.69, 9.17) is 0 Å². The number of hydrogen-bond acceptors (Lipinski definition) is 16. The first-order valence-corrected chi connectivity index (χ1v) is 24.8. The van der Waals surface area contributed by atoms with Gasteiger partial charge in [-0.2, -0.15) is 0 Å². The van der Waals surface area contributed by atoms with Crippen LogP contribution in [-0.2, 0) is 9.59 Å². The van der Waals surface area contributed by atoms with Gasteiger partial charge in [0.15, 0.2) is 12.2 Å². The van der Waals surface area contributed by atoms with E-state index in [-0.39, 0.29) is 68.1 Å². The number of halogens is 6. The number of anilines is 2. The number of rotatable bonds is 21. The van der Waals surface area contributed by atoms with Crippen molar-refractivity contribution >= 4 is 182 Å². The molecule has 0 radical (unpaired) electrons. The van der Waals surface area contributed by atoms with Gasteiger partial charge in [0.25, 0.3) is 35.4 Å². The number of amides is 6. The minimum absolute atomic E-state index is 0.0800. The van der Waals surface area contributed by atoms with E-state index in [1.807, 2.05) is 0 Å². The molecule has 0 heterocycles. The number of benzene rings is 2. The fraction of sp³-hybridized carbons (Fsp3) is 0.500. The summed E-state index contributed by atoms with van der Waals surface area (Å²) in [7, 11) is 5.20. The molecule has 0 aliphatic carbocycles. The summed E-state index contributed by atoms with van der Waals surface area (Å²) in [5.41, 5.74) is -0.667. The Balaban J connectivity index is 2.57. The fourth-order valence-corrected chi connectivity index (χ4v) is 14.2. The molecule has 358 valence electrons. The van der Waals surface area contributed by atoms with E-state index in [0.29, 0.717) is 0 Å². The minimum atomic E-state index is -1.87. The van der Waals surface area contributed by atoms with E-state index in [9.17, 15) is 79.8 Å². The van der Waals surface area contributed by atoms with Crippen LogP contribution in [0.1, 0.15) is 41.4 Å². The second-order valence-corrected chi connectivity index (χ2v) is 20.5. The van der Waals surface area contributed by atoms with Gasteiger partial charge in [0.05, 0.1) is 98.8 Å². The van der Waals surface area contributed by atoms with Crippen LogP contribution in [0, 0.1) is 21.4 Å². The van der Waals surface area contributed by atoms with Crippen LogP contribution in [0.15, 0.2) is 0 Å². The molecule has 6 unspecified atom stereocenters. The van der Waals surface area contributed by atoms with Gasteiger partial charge in [-0.1, -0.05) is 0 Å². The lowest BCUT2D eigenvalue weighted by molar-refractivity contribution is -0.126. The molecule has 0 aromatic heterocycles. The summed E-state index contributed by atoms with van der Waals surface area (Å²) in [4.78, 5) is 85.5. The number of aliphatic hydroxyl groups excluding tert-OH is 10. The molecule has 6 atom stereocenters. The largest absolute Gasteiger partial charge is 0.394 e. The van der Waals surface area contributed by atoms with Gasteiger partial charge in [0.2, 0.25) is 0 Å². The zero-order chi connectivity index (χ0) is 49.2. The Hall–Kier alpha value is -0.760. The van der Waals surface area contributed by atoms with Crippen molar-refractivity contribution in [3.8, 4) is 0 Å². The molecular weight excluding hydrogens is 1530 g/mol. The van der Waals surface area contributed by atoms with E-state index < -0.39 is 112 Å². The second-order valence-electron chi connectivity index (χ2n) is 14.1. The Labute approximate surface area is 448 Å². The quantitative estimate of drug-likeness (QED) is 0.0621. The van der Waals surface area contributed by atoms with Crippen LogP contribution in [0.25, 0.3) is 0 Å². The summed E-state index contributed by atoms with van der Waals surface area (Å²) < 4.78 is 0.595. The molecule has 0 saturated heterocycles. The maximum absolute atomic E-state index is 14.2. The van der Waals surface area contributed by atoms with Crippen LogP contribution in [0.2, 0.25) is 0 Å². The lowest BCUT2D eigenvalue weighted by atomic mass is 10.0. The number of likely N-dealkylation sites (N-methyl/N-ethyl adjacent to an activating group) is 4. The highest BCUT2D eigenvalue weighted by atomic mass is 127. The molecule has 64 heavy (non-hydrogen) atoms. The highest BCUT2D eigenvalue weighted by molar-refractivity contribution is 14.1. The first-order valence-electron chi connectivity index (χ1n) is 18.3. The standard InChI is InChI=1S/C36H46I6N6O16/c1-45(5-13(53)9-49)33(61)19-23(37)21(27(41)29(25(19)39)43-31(59)17(57)11-51)35(63)47(3)7-15(55)16(56)8-48(4)36(64)22-24(38)20(34(62)46(2)6-14(54)10-50)26(40)30(28(22)42)44-32(60)18(58)12-52/h13-18,49-58H,5-12H2,1-4H3,(H,43,59)(H,44,60). The van der Waals surface area contributed by atoms with Crippen LogP contribution >= 0.6 is 136 Å². The van der Waals surface area contributed by atoms with Gasteiger partial charge in [-0.05, 0) is 136 Å². The van der Waals surface area contributed by atoms with Gasteiger partial charge in [0, 0.05) is 61.5 Å². The van der Waals surface area contributed by atoms with E-state index in [1.165, 1.54) is 28.2 Å². The summed E-state index contributed by atoms with van der Waals surface area (Å²) in [5, 5.41) is 105. The Bertz CT molecular complexity index is 1950. The van der Waals surface area contributed by atoms with Gasteiger partial charge in [-0.15, -0.1) is 0 Å². The van der Waals surface area contributed by atoms with Crippen LogP contribution in [0.3, 0.4) is 0 Å². The lowest BCUT2D eigenvalue weighted by Crippen LogP contribution is -2.46. The average molecular weight is 1580 g/mol. The predicted octanol–water partition coefficient (Wildman–Crippen LogP) is -1.69. The number of hydrogen-bond donors (Lipinski definition) is 12. The molecule has 12 N–H and O–H groups in total. The van der Waals surface area contributed by atoms with Gasteiger partial charge >= 0.3 is 0 Å². The molecule has 0 aliphatic rings. The molecule has 2 aromatic rings. The third-order valence-corrected chi connectivity index (χ3v) is 15.6. The summed E-state index contributed by atoms with van der Waals surface area (Å²) in [6.07, 6.45) is -9.83. The molecule has 0 bridgehead atoms. The van der Waals surface area contributed by atoms with Gasteiger partial charge in [0.1, 0.15) is 0 Å². The Kier molecular flexibility index (Phi) is 24.9. The van der Waals surface area contributed by atoms with Crippen molar-refractivity contribution in [3.63, 3.8) is 0 Å². The lowest BCUT2D eigenvalue weighted by Gasteiger charge is -2.29. The maximum atomic E-state index is 14.2. The predicted molar refractivity (Wildman–Crippen MR) is 279 cm³/mol. The molecule has 2 rings (SSSR count). The number of nitrogens with zero attached hydrogens (tertiary/aromatic N) is 4. The third kappa shape index (κ3) is 14.6. The van der Waals surface area contributed by atoms with Crippen LogP contribution in [0.4, 0.5) is 11.4 Å². The zero-order valence-electron chi connectivity index (χ0n) is 34.1. The number of carbonyl (C=O) groups excluding carboxylic acids is 6. The Morgan fingerprint density at radius 1 is 0.422 bits per heavy atom. The fourth-order valence-electron chi connectivity index (χ4n) is 5.52. The Morgan fingerprint density at radius 2 is 0.656 bits per heavy atom. The van der Waals surface area contributed by atoms with Crippen LogP contribution < -0.4 is 10.6 Å². The van der Waals surface area contributed by atoms with Gasteiger partial charge in [-0.25, -0.2) is 0 Å². The summed E-state index contributed by atoms with van der Waals surface area (Å²) in [6.45, 7) is -4.97. The van der Waals surface area contributed by atoms with E-state index in [0.717, 1.165) is 19.6 Å². The summed E-state index contributed by atoms with van der Waals surface area (Å²) in [5.74, 6) is -5.21. The first-order chi connectivity index (χ1) is 29.7. The van der Waals surface area contributed by atoms with Gasteiger partial charge < -0.3 is 81.3 Å². The van der Waals surface area contributed by atoms with Crippen molar-refractivity contribution < 1.29 is 79.8 Å². The number of carbonyl (C=O) groups is 6. The zero-order valence-corrected chi connectivity index (χ0v) is 47.0. The molecule has 0 aliphatic heterocycles. The molecule has 0 spiro atoms. The maximum Gasteiger partial charge on any atom is 0.255 e. The van der Waals surface area contributed by atoms with Crippen molar-refractivity contribution in [1.82, 2.24) is 19.6 Å². The number of nitrogens with one attached hydrogen (secondary N) is 2. The van der Waals surface area contributed by atoms with Crippen molar-refractivity contribution in [2.45, 2.75) is 36.6 Å². The molecule has 28 heteroatoms. The van der Waals surface area contributed by atoms with Crippen molar-refractivity contribution in [1.29, 1.82) is 0 Å². The molecule has 6 amide bonds. The van der Waals surface area contributed by atoms with Crippen molar-refractivity contribution in [3.05, 3.63) is 43.7 Å². The smallest absolute Gasteiger partial charge is 0.255 e. The third-order valence-electron chi connectivity index (χ3n) is 9.08. The van der Waals surface area contributed by atoms with Crippen LogP contribution in [0.5, 0.6) is 0 Å². The topological polar surface area (TPSA) is 342 Å². The minimum Gasteiger partial charge on any atom is -0.394 e. The molecular formula is C36H46I6N6O16. The van der Waals surface area contributed by atoms with Crippen LogP contribution in [-0.4, -0.2) is 224 Å².